The van der Waals surface area contributed by atoms with Crippen LogP contribution in [-0.4, -0.2) is 68.6 Å². The molecule has 0 fully saturated rings. The first-order valence-corrected chi connectivity index (χ1v) is 4.91. The van der Waals surface area contributed by atoms with E-state index in [9.17, 15) is 20.1 Å². The van der Waals surface area contributed by atoms with Crippen LogP contribution in [0.25, 0.3) is 0 Å². The Morgan fingerprint density at radius 1 is 1.53 bits per heavy atom. The van der Waals surface area contributed by atoms with Crippen LogP contribution in [0.15, 0.2) is 11.8 Å². The van der Waals surface area contributed by atoms with E-state index in [2.05, 4.69) is 0 Å². The summed E-state index contributed by atoms with van der Waals surface area (Å²) in [5.41, 5.74) is 5.45. The third kappa shape index (κ3) is 2.93. The van der Waals surface area contributed by atoms with E-state index in [1.54, 1.807) is 0 Å². The maximum absolute atomic E-state index is 10.7. The Morgan fingerprint density at radius 2 is 2.12 bits per heavy atom. The Hall–Kier alpha value is -1.19. The predicted octanol–water partition coefficient (Wildman–Crippen LogP) is -3.24. The Morgan fingerprint density at radius 3 is 2.59 bits per heavy atom. The number of rotatable bonds is 4. The Balaban J connectivity index is 2.87. The normalized spacial score (nSPS) is 32.3. The monoisotopic (exact) mass is 249 g/mol. The van der Waals surface area contributed by atoms with Gasteiger partial charge in [-0.15, -0.1) is 0 Å². The first-order valence-electron chi connectivity index (χ1n) is 4.91. The predicted molar refractivity (Wildman–Crippen MR) is 53.7 cm³/mol. The van der Waals surface area contributed by atoms with E-state index in [0.717, 1.165) is 6.08 Å². The molecular formula is C9H15NO7. The summed E-state index contributed by atoms with van der Waals surface area (Å²) in [5.74, 6) is -1.92. The van der Waals surface area contributed by atoms with Gasteiger partial charge in [0, 0.05) is 0 Å². The number of hydrogen-bond donors (Lipinski definition) is 6. The van der Waals surface area contributed by atoms with Crippen molar-refractivity contribution in [3.63, 3.8) is 0 Å². The number of aliphatic carboxylic acids is 1. The van der Waals surface area contributed by atoms with Gasteiger partial charge < -0.3 is 36.0 Å². The summed E-state index contributed by atoms with van der Waals surface area (Å²) in [6.07, 6.45) is -5.00. The lowest BCUT2D eigenvalue weighted by atomic mass is 9.95. The van der Waals surface area contributed by atoms with Gasteiger partial charge in [-0.1, -0.05) is 0 Å². The quantitative estimate of drug-likeness (QED) is 0.304. The summed E-state index contributed by atoms with van der Waals surface area (Å²) in [6.45, 7) is -0.755. The second-order valence-corrected chi connectivity index (χ2v) is 3.73. The zero-order valence-corrected chi connectivity index (χ0v) is 8.80. The molecule has 0 bridgehead atoms. The highest BCUT2D eigenvalue weighted by Crippen LogP contribution is 2.21. The lowest BCUT2D eigenvalue weighted by molar-refractivity contribution is -0.154. The molecule has 1 rings (SSSR count). The van der Waals surface area contributed by atoms with Gasteiger partial charge in [-0.2, -0.15) is 0 Å². The van der Waals surface area contributed by atoms with Gasteiger partial charge in [0.05, 0.1) is 12.6 Å². The number of carboxylic acids is 1. The molecule has 0 aromatic heterocycles. The minimum Gasteiger partial charge on any atom is -0.478 e. The fourth-order valence-corrected chi connectivity index (χ4v) is 1.47. The van der Waals surface area contributed by atoms with E-state index in [1.165, 1.54) is 0 Å². The van der Waals surface area contributed by atoms with Crippen molar-refractivity contribution in [3.8, 4) is 0 Å². The first kappa shape index (κ1) is 13.9. The molecule has 0 unspecified atom stereocenters. The molecule has 5 atom stereocenters. The standard InChI is InChI=1S/C9H15NO7/c10-3-1-5(9(15)16)17-8(6(3)13)7(14)4(12)2-11/h1,3-4,6-8,11-14H,2,10H2,(H,15,16)/t3-,4-,6+,7-,8-/m1/s1. The fraction of sp³-hybridized carbons (Fsp3) is 0.667. The second-order valence-electron chi connectivity index (χ2n) is 3.73. The van der Waals surface area contributed by atoms with Crippen molar-refractivity contribution in [2.24, 2.45) is 5.73 Å². The number of hydrogen-bond acceptors (Lipinski definition) is 7. The topological polar surface area (TPSA) is 153 Å². The third-order valence-electron chi connectivity index (χ3n) is 2.47. The zero-order valence-electron chi connectivity index (χ0n) is 8.80. The summed E-state index contributed by atoms with van der Waals surface area (Å²) >= 11 is 0. The molecule has 0 aliphatic carbocycles. The minimum absolute atomic E-state index is 0.517. The lowest BCUT2D eigenvalue weighted by Gasteiger charge is -2.35. The van der Waals surface area contributed by atoms with Crippen molar-refractivity contribution < 1.29 is 35.1 Å². The lowest BCUT2D eigenvalue weighted by Crippen LogP contribution is -2.55. The molecule has 1 heterocycles. The van der Waals surface area contributed by atoms with Crippen LogP contribution in [0.2, 0.25) is 0 Å². The summed E-state index contributed by atoms with van der Waals surface area (Å²) in [6, 6.07) is -1.04. The average Bonchev–Trinajstić information content (AvgIpc) is 2.30. The largest absolute Gasteiger partial charge is 0.478 e. The van der Waals surface area contributed by atoms with Crippen molar-refractivity contribution in [3.05, 3.63) is 11.8 Å². The van der Waals surface area contributed by atoms with Crippen LogP contribution in [-0.2, 0) is 9.53 Å². The average molecular weight is 249 g/mol. The molecular weight excluding hydrogens is 234 g/mol. The van der Waals surface area contributed by atoms with Gasteiger partial charge in [-0.25, -0.2) is 4.79 Å². The second kappa shape index (κ2) is 5.43. The van der Waals surface area contributed by atoms with Gasteiger partial charge in [-0.3, -0.25) is 0 Å². The van der Waals surface area contributed by atoms with E-state index in [1.807, 2.05) is 0 Å². The van der Waals surface area contributed by atoms with Gasteiger partial charge in [-0.05, 0) is 6.08 Å². The van der Waals surface area contributed by atoms with Crippen molar-refractivity contribution in [1.29, 1.82) is 0 Å². The smallest absolute Gasteiger partial charge is 0.370 e. The molecule has 98 valence electrons. The number of carbonyl (C=O) groups is 1. The van der Waals surface area contributed by atoms with Crippen molar-refractivity contribution in [2.45, 2.75) is 30.5 Å². The van der Waals surface area contributed by atoms with Gasteiger partial charge >= 0.3 is 5.97 Å². The van der Waals surface area contributed by atoms with Crippen LogP contribution >= 0.6 is 0 Å². The highest BCUT2D eigenvalue weighted by molar-refractivity contribution is 5.84. The molecule has 0 spiro atoms. The summed E-state index contributed by atoms with van der Waals surface area (Å²) in [5, 5.41) is 45.7. The van der Waals surface area contributed by atoms with E-state index in [-0.39, 0.29) is 0 Å². The molecule has 0 saturated heterocycles. The van der Waals surface area contributed by atoms with Crippen molar-refractivity contribution in [1.82, 2.24) is 0 Å². The van der Waals surface area contributed by atoms with Gasteiger partial charge in [0.1, 0.15) is 18.3 Å². The Bertz CT molecular complexity index is 318. The van der Waals surface area contributed by atoms with Crippen molar-refractivity contribution in [2.75, 3.05) is 6.61 Å². The molecule has 1 aliphatic heterocycles. The van der Waals surface area contributed by atoms with Gasteiger partial charge in [0.2, 0.25) is 5.76 Å². The Kier molecular flexibility index (Phi) is 4.43. The van der Waals surface area contributed by atoms with E-state index >= 15 is 0 Å². The number of carboxylic acid groups (broad SMARTS) is 1. The minimum atomic E-state index is -1.65. The molecule has 17 heavy (non-hydrogen) atoms. The number of ether oxygens (including phenoxy) is 1. The first-order chi connectivity index (χ1) is 7.88. The van der Waals surface area contributed by atoms with E-state index in [4.69, 9.17) is 20.7 Å². The molecule has 0 saturated carbocycles. The van der Waals surface area contributed by atoms with E-state index in [0.29, 0.717) is 0 Å². The number of aliphatic hydroxyl groups excluding tert-OH is 4. The maximum Gasteiger partial charge on any atom is 0.370 e. The van der Waals surface area contributed by atoms with Crippen LogP contribution in [0, 0.1) is 0 Å². The van der Waals surface area contributed by atoms with Crippen LogP contribution in [0.4, 0.5) is 0 Å². The van der Waals surface area contributed by atoms with Crippen molar-refractivity contribution >= 4 is 5.97 Å². The molecule has 8 nitrogen and oxygen atoms in total. The fourth-order valence-electron chi connectivity index (χ4n) is 1.47. The van der Waals surface area contributed by atoms with Gasteiger partial charge in [0.25, 0.3) is 0 Å². The third-order valence-corrected chi connectivity index (χ3v) is 2.47. The summed E-state index contributed by atoms with van der Waals surface area (Å²) in [4.78, 5) is 10.7. The Labute approximate surface area is 96.5 Å². The highest BCUT2D eigenvalue weighted by Gasteiger charge is 2.40. The molecule has 7 N–H and O–H groups in total. The van der Waals surface area contributed by atoms with Crippen LogP contribution in [0.1, 0.15) is 0 Å². The summed E-state index contributed by atoms with van der Waals surface area (Å²) < 4.78 is 4.83. The van der Waals surface area contributed by atoms with Crippen LogP contribution < -0.4 is 5.73 Å². The molecule has 0 aromatic carbocycles. The SMILES string of the molecule is N[C@@H]1C=C(C(=O)O)O[C@@H]([C@H](O)[C@H](O)CO)[C@H]1O. The van der Waals surface area contributed by atoms with Crippen LogP contribution in [0.5, 0.6) is 0 Å². The zero-order chi connectivity index (χ0) is 13.2. The number of aliphatic hydroxyl groups is 4. The van der Waals surface area contributed by atoms with Crippen LogP contribution in [0.3, 0.4) is 0 Å². The maximum atomic E-state index is 10.7. The van der Waals surface area contributed by atoms with E-state index < -0.39 is 48.8 Å². The molecule has 1 aliphatic rings. The van der Waals surface area contributed by atoms with Gasteiger partial charge in [0.15, 0.2) is 6.10 Å². The molecule has 0 radical (unpaired) electrons. The molecule has 8 heteroatoms. The number of nitrogens with two attached hydrogens (primary N) is 1. The molecule has 0 aromatic rings. The molecule has 0 amide bonds. The highest BCUT2D eigenvalue weighted by atomic mass is 16.5. The summed E-state index contributed by atoms with van der Waals surface area (Å²) in [7, 11) is 0.